The number of rotatable bonds is 3. The molecule has 0 aromatic carbocycles. The molecule has 4 aromatic rings. The molecule has 0 atom stereocenters. The Morgan fingerprint density at radius 2 is 2.07 bits per heavy atom. The summed E-state index contributed by atoms with van der Waals surface area (Å²) in [5.74, 6) is 0.112. The Morgan fingerprint density at radius 1 is 1.30 bits per heavy atom. The molecule has 0 spiro atoms. The summed E-state index contributed by atoms with van der Waals surface area (Å²) < 4.78 is 14.5. The van der Waals surface area contributed by atoms with Gasteiger partial charge in [0.05, 0.1) is 24.5 Å². The zero-order valence-electron chi connectivity index (χ0n) is 15.3. The van der Waals surface area contributed by atoms with Crippen molar-refractivity contribution in [1.29, 1.82) is 0 Å². The van der Waals surface area contributed by atoms with Crippen molar-refractivity contribution in [3.05, 3.63) is 52.2 Å². The fourth-order valence-corrected chi connectivity index (χ4v) is 3.70. The van der Waals surface area contributed by atoms with Crippen LogP contribution in [0.2, 0.25) is 0 Å². The standard InChI is InChI=1S/C19H17BrN4O3/c1-10-17(11(2)23(3)22-10)14-9-21-24-6-5-12(7-15(14)24)16-8-13(18(20)27-16)19(25)26-4/h5-9H,1-4H3. The van der Waals surface area contributed by atoms with Crippen LogP contribution in [0.15, 0.2) is 39.7 Å². The minimum absolute atomic E-state index is 0.344. The highest BCUT2D eigenvalue weighted by Crippen LogP contribution is 2.34. The maximum Gasteiger partial charge on any atom is 0.342 e. The van der Waals surface area contributed by atoms with Crippen LogP contribution >= 0.6 is 15.9 Å². The molecule has 8 heteroatoms. The SMILES string of the molecule is COC(=O)c1cc(-c2ccn3ncc(-c4c(C)nn(C)c4C)c3c2)oc1Br. The molecular weight excluding hydrogens is 412 g/mol. The Balaban J connectivity index is 1.87. The van der Waals surface area contributed by atoms with Gasteiger partial charge < -0.3 is 9.15 Å². The molecule has 0 fully saturated rings. The van der Waals surface area contributed by atoms with Gasteiger partial charge in [-0.2, -0.15) is 10.2 Å². The van der Waals surface area contributed by atoms with Crippen molar-refractivity contribution in [1.82, 2.24) is 19.4 Å². The van der Waals surface area contributed by atoms with Gasteiger partial charge in [0.2, 0.25) is 0 Å². The van der Waals surface area contributed by atoms with E-state index in [0.717, 1.165) is 33.6 Å². The number of aryl methyl sites for hydroxylation is 2. The van der Waals surface area contributed by atoms with E-state index in [1.54, 1.807) is 6.07 Å². The van der Waals surface area contributed by atoms with Crippen LogP contribution in [0.1, 0.15) is 21.7 Å². The monoisotopic (exact) mass is 428 g/mol. The van der Waals surface area contributed by atoms with E-state index in [1.165, 1.54) is 7.11 Å². The lowest BCUT2D eigenvalue weighted by atomic mass is 10.0. The Bertz CT molecular complexity index is 1190. The van der Waals surface area contributed by atoms with Gasteiger partial charge in [-0.3, -0.25) is 4.68 Å². The summed E-state index contributed by atoms with van der Waals surface area (Å²) in [5.41, 5.74) is 6.20. The maximum absolute atomic E-state index is 11.8. The van der Waals surface area contributed by atoms with Crippen LogP contribution < -0.4 is 0 Å². The third-order valence-corrected chi connectivity index (χ3v) is 5.27. The van der Waals surface area contributed by atoms with Crippen molar-refractivity contribution >= 4 is 27.4 Å². The molecule has 4 aromatic heterocycles. The number of methoxy groups -OCH3 is 1. The van der Waals surface area contributed by atoms with Crippen molar-refractivity contribution in [3.63, 3.8) is 0 Å². The van der Waals surface area contributed by atoms with Crippen LogP contribution in [-0.4, -0.2) is 32.5 Å². The lowest BCUT2D eigenvalue weighted by Gasteiger charge is -2.03. The molecule has 0 saturated heterocycles. The van der Waals surface area contributed by atoms with Gasteiger partial charge in [0.15, 0.2) is 4.67 Å². The topological polar surface area (TPSA) is 74.6 Å². The van der Waals surface area contributed by atoms with Gasteiger partial charge in [0.25, 0.3) is 0 Å². The zero-order valence-corrected chi connectivity index (χ0v) is 16.9. The molecule has 0 aliphatic heterocycles. The summed E-state index contributed by atoms with van der Waals surface area (Å²) in [6, 6.07) is 5.54. The van der Waals surface area contributed by atoms with Crippen molar-refractivity contribution < 1.29 is 13.9 Å². The Hall–Kier alpha value is -2.87. The fourth-order valence-electron chi connectivity index (χ4n) is 3.25. The van der Waals surface area contributed by atoms with Gasteiger partial charge >= 0.3 is 5.97 Å². The van der Waals surface area contributed by atoms with Crippen LogP contribution in [0, 0.1) is 13.8 Å². The first-order valence-corrected chi connectivity index (χ1v) is 9.06. The molecule has 138 valence electrons. The number of hydrogen-bond acceptors (Lipinski definition) is 5. The highest BCUT2D eigenvalue weighted by molar-refractivity contribution is 9.10. The highest BCUT2D eigenvalue weighted by Gasteiger charge is 2.20. The predicted octanol–water partition coefficient (Wildman–Crippen LogP) is 4.16. The van der Waals surface area contributed by atoms with E-state index in [9.17, 15) is 4.79 Å². The summed E-state index contributed by atoms with van der Waals surface area (Å²) in [6.07, 6.45) is 3.71. The van der Waals surface area contributed by atoms with Crippen LogP contribution in [-0.2, 0) is 11.8 Å². The number of halogens is 1. The Labute approximate surface area is 163 Å². The minimum atomic E-state index is -0.454. The van der Waals surface area contributed by atoms with Crippen LogP contribution in [0.5, 0.6) is 0 Å². The number of esters is 1. The molecular formula is C19H17BrN4O3. The van der Waals surface area contributed by atoms with E-state index >= 15 is 0 Å². The zero-order chi connectivity index (χ0) is 19.3. The number of pyridine rings is 1. The number of hydrogen-bond donors (Lipinski definition) is 0. The average Bonchev–Trinajstić information content (AvgIpc) is 3.30. The highest BCUT2D eigenvalue weighted by atomic mass is 79.9. The molecule has 0 unspecified atom stereocenters. The second kappa shape index (κ2) is 6.38. The van der Waals surface area contributed by atoms with E-state index in [-0.39, 0.29) is 0 Å². The van der Waals surface area contributed by atoms with Gasteiger partial charge in [-0.1, -0.05) is 0 Å². The molecule has 0 saturated carbocycles. The van der Waals surface area contributed by atoms with Gasteiger partial charge in [-0.25, -0.2) is 9.31 Å². The van der Waals surface area contributed by atoms with Crippen molar-refractivity contribution in [3.8, 4) is 22.5 Å². The number of carbonyl (C=O) groups is 1. The number of furan rings is 1. The number of carbonyl (C=O) groups excluding carboxylic acids is 1. The maximum atomic E-state index is 11.8. The summed E-state index contributed by atoms with van der Waals surface area (Å²) in [6.45, 7) is 4.02. The molecule has 4 heterocycles. The second-order valence-corrected chi connectivity index (χ2v) is 6.98. The molecule has 0 N–H and O–H groups in total. The van der Waals surface area contributed by atoms with E-state index in [0.29, 0.717) is 16.0 Å². The molecule has 0 aliphatic carbocycles. The van der Waals surface area contributed by atoms with Crippen LogP contribution in [0.3, 0.4) is 0 Å². The number of fused-ring (bicyclic) bond motifs is 1. The van der Waals surface area contributed by atoms with Crippen LogP contribution in [0.4, 0.5) is 0 Å². The molecule has 7 nitrogen and oxygen atoms in total. The van der Waals surface area contributed by atoms with E-state index in [2.05, 4.69) is 26.1 Å². The molecule has 0 amide bonds. The third-order valence-electron chi connectivity index (χ3n) is 4.68. The summed E-state index contributed by atoms with van der Waals surface area (Å²) in [4.78, 5) is 11.8. The lowest BCUT2D eigenvalue weighted by molar-refractivity contribution is 0.0598. The smallest absolute Gasteiger partial charge is 0.342 e. The van der Waals surface area contributed by atoms with E-state index in [1.807, 2.05) is 54.6 Å². The van der Waals surface area contributed by atoms with Crippen molar-refractivity contribution in [2.24, 2.45) is 7.05 Å². The van der Waals surface area contributed by atoms with Gasteiger partial charge in [-0.15, -0.1) is 0 Å². The summed E-state index contributed by atoms with van der Waals surface area (Å²) in [7, 11) is 3.27. The summed E-state index contributed by atoms with van der Waals surface area (Å²) >= 11 is 3.28. The fraction of sp³-hybridized carbons (Fsp3) is 0.211. The normalized spacial score (nSPS) is 11.3. The van der Waals surface area contributed by atoms with Gasteiger partial charge in [0.1, 0.15) is 11.3 Å². The van der Waals surface area contributed by atoms with Crippen molar-refractivity contribution in [2.45, 2.75) is 13.8 Å². The third kappa shape index (κ3) is 2.76. The average molecular weight is 429 g/mol. The lowest BCUT2D eigenvalue weighted by Crippen LogP contribution is -1.99. The first kappa shape index (κ1) is 17.5. The molecule has 4 rings (SSSR count). The molecule has 0 radical (unpaired) electrons. The van der Waals surface area contributed by atoms with Gasteiger partial charge in [-0.05, 0) is 41.9 Å². The van der Waals surface area contributed by atoms with E-state index < -0.39 is 5.97 Å². The predicted molar refractivity (Wildman–Crippen MR) is 104 cm³/mol. The molecule has 0 bridgehead atoms. The first-order valence-electron chi connectivity index (χ1n) is 8.26. The second-order valence-electron chi connectivity index (χ2n) is 6.26. The number of ether oxygens (including phenoxy) is 1. The Kier molecular flexibility index (Phi) is 4.15. The quantitative estimate of drug-likeness (QED) is 0.458. The molecule has 0 aliphatic rings. The molecule has 27 heavy (non-hydrogen) atoms. The largest absolute Gasteiger partial charge is 0.465 e. The Morgan fingerprint density at radius 3 is 2.74 bits per heavy atom. The van der Waals surface area contributed by atoms with Gasteiger partial charge in [0, 0.05) is 41.7 Å². The van der Waals surface area contributed by atoms with Crippen molar-refractivity contribution in [2.75, 3.05) is 7.11 Å². The van der Waals surface area contributed by atoms with E-state index in [4.69, 9.17) is 9.15 Å². The summed E-state index contributed by atoms with van der Waals surface area (Å²) in [5, 5.41) is 8.95. The number of nitrogens with zero attached hydrogens (tertiary/aromatic N) is 4. The van der Waals surface area contributed by atoms with Crippen LogP contribution in [0.25, 0.3) is 28.0 Å². The minimum Gasteiger partial charge on any atom is -0.465 e. The first-order chi connectivity index (χ1) is 12.9. The number of aromatic nitrogens is 4.